The van der Waals surface area contributed by atoms with Crippen molar-refractivity contribution in [2.75, 3.05) is 26.5 Å². The zero-order valence-corrected chi connectivity index (χ0v) is 19.2. The average Bonchev–Trinajstić information content (AvgIpc) is 3.25. The number of H-pyrrole nitrogens is 1. The lowest BCUT2D eigenvalue weighted by Gasteiger charge is -2.29. The Morgan fingerprint density at radius 1 is 1.17 bits per heavy atom. The summed E-state index contributed by atoms with van der Waals surface area (Å²) in [6.07, 6.45) is 2.60. The molecular weight excluding hydrogens is 466 g/mol. The van der Waals surface area contributed by atoms with Gasteiger partial charge < -0.3 is 19.4 Å². The summed E-state index contributed by atoms with van der Waals surface area (Å²) in [5, 5.41) is 0.741. The summed E-state index contributed by atoms with van der Waals surface area (Å²) < 4.78 is 11.8. The molecule has 0 fully saturated rings. The molecule has 0 bridgehead atoms. The van der Waals surface area contributed by atoms with Gasteiger partial charge in [-0.1, -0.05) is 39.8 Å². The third-order valence-electron chi connectivity index (χ3n) is 5.11. The number of benzene rings is 2. The monoisotopic (exact) mass is 487 g/mol. The van der Waals surface area contributed by atoms with E-state index in [0.717, 1.165) is 38.6 Å². The van der Waals surface area contributed by atoms with E-state index >= 15 is 0 Å². The minimum Gasteiger partial charge on any atom is -0.493 e. The molecule has 1 N–H and O–H groups in total. The third kappa shape index (κ3) is 4.49. The normalized spacial score (nSPS) is 13.1. The lowest BCUT2D eigenvalue weighted by Crippen LogP contribution is -2.37. The number of fused-ring (bicyclic) bond motifs is 1. The molecule has 3 aromatic rings. The number of carbonyl (C=O) groups is 1. The van der Waals surface area contributed by atoms with Gasteiger partial charge in [-0.15, -0.1) is 0 Å². The van der Waals surface area contributed by atoms with Gasteiger partial charge in [-0.2, -0.15) is 0 Å². The number of nitrogens with zero attached hydrogens (tertiary/aromatic N) is 2. The second-order valence-electron chi connectivity index (χ2n) is 6.94. The molecule has 0 saturated heterocycles. The van der Waals surface area contributed by atoms with E-state index in [0.29, 0.717) is 24.6 Å². The van der Waals surface area contributed by atoms with Gasteiger partial charge in [0.25, 0.3) is 0 Å². The number of methoxy groups -OCH3 is 2. The molecule has 0 spiro atoms. The number of amides is 1. The number of halogens is 1. The molecule has 6 nitrogen and oxygen atoms in total. The fourth-order valence-electron chi connectivity index (χ4n) is 3.47. The van der Waals surface area contributed by atoms with Gasteiger partial charge in [-0.05, 0) is 47.4 Å². The molecule has 0 aliphatic carbocycles. The van der Waals surface area contributed by atoms with Gasteiger partial charge in [0.1, 0.15) is 0 Å². The number of aromatic amines is 1. The van der Waals surface area contributed by atoms with Crippen molar-refractivity contribution >= 4 is 33.6 Å². The van der Waals surface area contributed by atoms with Gasteiger partial charge in [0.15, 0.2) is 16.7 Å². The number of ether oxygens (including phenoxy) is 2. The van der Waals surface area contributed by atoms with Crippen molar-refractivity contribution in [1.29, 1.82) is 0 Å². The van der Waals surface area contributed by atoms with Crippen LogP contribution in [0.5, 0.6) is 11.5 Å². The van der Waals surface area contributed by atoms with Gasteiger partial charge >= 0.3 is 0 Å². The number of hydrogen-bond donors (Lipinski definition) is 1. The quantitative estimate of drug-likeness (QED) is 0.517. The maximum Gasteiger partial charge on any atom is 0.233 e. The SMILES string of the molecule is COc1cc2c(cc1OC)CN(C(=O)CSc1ncc(-c3ccc(Br)cc3)[nH]1)CC2. The van der Waals surface area contributed by atoms with Crippen molar-refractivity contribution in [3.8, 4) is 22.8 Å². The number of carbonyl (C=O) groups excluding carboxylic acids is 1. The number of imidazole rings is 1. The summed E-state index contributed by atoms with van der Waals surface area (Å²) in [6.45, 7) is 1.28. The predicted octanol–water partition coefficient (Wildman–Crippen LogP) is 4.53. The first-order valence-electron chi connectivity index (χ1n) is 9.52. The summed E-state index contributed by atoms with van der Waals surface area (Å²) >= 11 is 4.87. The molecule has 0 unspecified atom stereocenters. The Hall–Kier alpha value is -2.45. The highest BCUT2D eigenvalue weighted by Gasteiger charge is 2.23. The van der Waals surface area contributed by atoms with E-state index in [9.17, 15) is 4.79 Å². The van der Waals surface area contributed by atoms with Crippen LogP contribution in [0.15, 0.2) is 52.2 Å². The first-order chi connectivity index (χ1) is 14.6. The fraction of sp³-hybridized carbons (Fsp3) is 0.273. The van der Waals surface area contributed by atoms with Gasteiger partial charge in [-0.25, -0.2) is 4.98 Å². The van der Waals surface area contributed by atoms with E-state index in [-0.39, 0.29) is 5.91 Å². The molecule has 0 atom stereocenters. The zero-order chi connectivity index (χ0) is 21.1. The minimum absolute atomic E-state index is 0.0991. The topological polar surface area (TPSA) is 67.5 Å². The van der Waals surface area contributed by atoms with Crippen LogP contribution in [-0.4, -0.2) is 47.3 Å². The van der Waals surface area contributed by atoms with Crippen LogP contribution in [0.1, 0.15) is 11.1 Å². The largest absolute Gasteiger partial charge is 0.493 e. The number of thioether (sulfide) groups is 1. The Kier molecular flexibility index (Phi) is 6.34. The summed E-state index contributed by atoms with van der Waals surface area (Å²) in [7, 11) is 3.26. The molecule has 8 heteroatoms. The third-order valence-corrected chi connectivity index (χ3v) is 6.51. The van der Waals surface area contributed by atoms with E-state index in [1.807, 2.05) is 41.3 Å². The van der Waals surface area contributed by atoms with Gasteiger partial charge in [-0.3, -0.25) is 4.79 Å². The molecule has 1 aliphatic heterocycles. The maximum absolute atomic E-state index is 12.8. The van der Waals surface area contributed by atoms with Crippen molar-refractivity contribution in [3.63, 3.8) is 0 Å². The number of nitrogens with one attached hydrogen (secondary N) is 1. The van der Waals surface area contributed by atoms with Crippen LogP contribution in [0, 0.1) is 0 Å². The molecule has 4 rings (SSSR count). The van der Waals surface area contributed by atoms with Crippen LogP contribution in [0.3, 0.4) is 0 Å². The van der Waals surface area contributed by atoms with E-state index in [1.54, 1.807) is 20.4 Å². The molecule has 0 radical (unpaired) electrons. The molecule has 2 aromatic carbocycles. The van der Waals surface area contributed by atoms with Crippen LogP contribution in [-0.2, 0) is 17.8 Å². The van der Waals surface area contributed by atoms with Crippen molar-refractivity contribution in [2.24, 2.45) is 0 Å². The predicted molar refractivity (Wildman–Crippen MR) is 121 cm³/mol. The highest BCUT2D eigenvalue weighted by molar-refractivity contribution is 9.10. The van der Waals surface area contributed by atoms with E-state index < -0.39 is 0 Å². The smallest absolute Gasteiger partial charge is 0.233 e. The standard InChI is InChI=1S/C22H22BrN3O3S/c1-28-19-9-15-7-8-26(12-16(15)10-20(19)29-2)21(27)13-30-22-24-11-18(25-22)14-3-5-17(23)6-4-14/h3-6,9-11H,7-8,12-13H2,1-2H3,(H,24,25). The number of rotatable bonds is 6. The maximum atomic E-state index is 12.8. The van der Waals surface area contributed by atoms with Crippen LogP contribution in [0.25, 0.3) is 11.3 Å². The summed E-state index contributed by atoms with van der Waals surface area (Å²) in [5.41, 5.74) is 4.30. The molecule has 1 aliphatic rings. The van der Waals surface area contributed by atoms with E-state index in [2.05, 4.69) is 25.9 Å². The van der Waals surface area contributed by atoms with Gasteiger partial charge in [0.05, 0.1) is 31.9 Å². The second kappa shape index (κ2) is 9.14. The summed E-state index contributed by atoms with van der Waals surface area (Å²) in [6, 6.07) is 12.0. The van der Waals surface area contributed by atoms with E-state index in [1.165, 1.54) is 17.3 Å². The van der Waals surface area contributed by atoms with Crippen molar-refractivity contribution in [1.82, 2.24) is 14.9 Å². The highest BCUT2D eigenvalue weighted by Crippen LogP contribution is 2.33. The van der Waals surface area contributed by atoms with E-state index in [4.69, 9.17) is 9.47 Å². The molecule has 30 heavy (non-hydrogen) atoms. The molecular formula is C22H22BrN3O3S. The zero-order valence-electron chi connectivity index (χ0n) is 16.8. The summed E-state index contributed by atoms with van der Waals surface area (Å²) in [5.74, 6) is 1.86. The van der Waals surface area contributed by atoms with Gasteiger partial charge in [0, 0.05) is 17.6 Å². The molecule has 1 aromatic heterocycles. The lowest BCUT2D eigenvalue weighted by molar-refractivity contribution is -0.129. The minimum atomic E-state index is 0.0991. The highest BCUT2D eigenvalue weighted by atomic mass is 79.9. The van der Waals surface area contributed by atoms with Crippen molar-refractivity contribution in [3.05, 3.63) is 58.2 Å². The molecule has 1 amide bonds. The average molecular weight is 488 g/mol. The second-order valence-corrected chi connectivity index (χ2v) is 8.82. The molecule has 2 heterocycles. The number of aromatic nitrogens is 2. The Morgan fingerprint density at radius 2 is 1.87 bits per heavy atom. The number of hydrogen-bond acceptors (Lipinski definition) is 5. The molecule has 0 saturated carbocycles. The van der Waals surface area contributed by atoms with Crippen LogP contribution in [0.2, 0.25) is 0 Å². The Labute approximate surface area is 188 Å². The Bertz CT molecular complexity index is 1050. The fourth-order valence-corrected chi connectivity index (χ4v) is 4.49. The summed E-state index contributed by atoms with van der Waals surface area (Å²) in [4.78, 5) is 22.4. The van der Waals surface area contributed by atoms with Crippen molar-refractivity contribution in [2.45, 2.75) is 18.1 Å². The lowest BCUT2D eigenvalue weighted by atomic mass is 9.99. The van der Waals surface area contributed by atoms with Crippen molar-refractivity contribution < 1.29 is 14.3 Å². The molecule has 156 valence electrons. The first-order valence-corrected chi connectivity index (χ1v) is 11.3. The Balaban J connectivity index is 1.38. The van der Waals surface area contributed by atoms with Crippen LogP contribution in [0.4, 0.5) is 0 Å². The first kappa shape index (κ1) is 20.8. The van der Waals surface area contributed by atoms with Crippen LogP contribution < -0.4 is 9.47 Å². The Morgan fingerprint density at radius 3 is 2.57 bits per heavy atom. The van der Waals surface area contributed by atoms with Crippen LogP contribution >= 0.6 is 27.7 Å². The van der Waals surface area contributed by atoms with Gasteiger partial charge in [0.2, 0.25) is 5.91 Å².